The van der Waals surface area contributed by atoms with Crippen molar-refractivity contribution in [2.75, 3.05) is 18.4 Å². The molecular weight excluding hydrogens is 398 g/mol. The molecule has 0 bridgehead atoms. The zero-order valence-corrected chi connectivity index (χ0v) is 19.6. The van der Waals surface area contributed by atoms with Crippen LogP contribution in [-0.4, -0.2) is 35.8 Å². The molecule has 32 heavy (non-hydrogen) atoms. The average Bonchev–Trinajstić information content (AvgIpc) is 2.81. The van der Waals surface area contributed by atoms with Crippen molar-refractivity contribution in [1.29, 1.82) is 0 Å². The van der Waals surface area contributed by atoms with E-state index in [1.807, 2.05) is 12.1 Å². The van der Waals surface area contributed by atoms with Crippen molar-refractivity contribution in [3.63, 3.8) is 0 Å². The Morgan fingerprint density at radius 3 is 2.28 bits per heavy atom. The number of carbonyl (C=O) groups excluding carboxylic acids is 2. The van der Waals surface area contributed by atoms with Crippen LogP contribution in [0.25, 0.3) is 0 Å². The van der Waals surface area contributed by atoms with Gasteiger partial charge in [0.1, 0.15) is 0 Å². The number of hydrogen-bond acceptors (Lipinski definition) is 3. The molecule has 2 aliphatic carbocycles. The number of piperidine rings is 1. The van der Waals surface area contributed by atoms with Gasteiger partial charge >= 0.3 is 0 Å². The molecule has 3 fully saturated rings. The summed E-state index contributed by atoms with van der Waals surface area (Å²) in [7, 11) is 0. The second-order valence-corrected chi connectivity index (χ2v) is 10.4. The van der Waals surface area contributed by atoms with Gasteiger partial charge in [0.05, 0.1) is 0 Å². The fourth-order valence-corrected chi connectivity index (χ4v) is 5.79. The number of carbonyl (C=O) groups is 2. The molecule has 2 N–H and O–H groups in total. The molecule has 1 aromatic carbocycles. The molecule has 176 valence electrons. The summed E-state index contributed by atoms with van der Waals surface area (Å²) < 4.78 is 0. The number of nitrogens with one attached hydrogen (secondary N) is 2. The lowest BCUT2D eigenvalue weighted by atomic mass is 9.87. The average molecular weight is 440 g/mol. The molecule has 0 spiro atoms. The Labute approximate surface area is 193 Å². The van der Waals surface area contributed by atoms with Crippen molar-refractivity contribution in [3.05, 3.63) is 29.8 Å². The lowest BCUT2D eigenvalue weighted by Crippen LogP contribution is -2.44. The maximum Gasteiger partial charge on any atom is 0.224 e. The number of benzene rings is 1. The summed E-state index contributed by atoms with van der Waals surface area (Å²) in [5.41, 5.74) is 2.13. The molecule has 1 heterocycles. The van der Waals surface area contributed by atoms with Gasteiger partial charge in [0.2, 0.25) is 11.8 Å². The maximum absolute atomic E-state index is 12.7. The molecule has 0 aromatic heterocycles. The molecule has 1 aliphatic heterocycles. The monoisotopic (exact) mass is 439 g/mol. The minimum atomic E-state index is 0.152. The number of likely N-dealkylation sites (tertiary alicyclic amines) is 1. The van der Waals surface area contributed by atoms with E-state index in [2.05, 4.69) is 27.7 Å². The highest BCUT2D eigenvalue weighted by molar-refractivity contribution is 5.90. The van der Waals surface area contributed by atoms with Gasteiger partial charge in [-0.3, -0.25) is 14.5 Å². The van der Waals surface area contributed by atoms with Crippen LogP contribution in [-0.2, 0) is 16.1 Å². The highest BCUT2D eigenvalue weighted by atomic mass is 16.2. The molecule has 1 saturated heterocycles. The van der Waals surface area contributed by atoms with Gasteiger partial charge in [-0.25, -0.2) is 0 Å². The van der Waals surface area contributed by atoms with Crippen molar-refractivity contribution in [1.82, 2.24) is 10.2 Å². The fraction of sp³-hybridized carbons (Fsp3) is 0.704. The van der Waals surface area contributed by atoms with Gasteiger partial charge in [0.15, 0.2) is 0 Å². The first-order valence-electron chi connectivity index (χ1n) is 13.1. The van der Waals surface area contributed by atoms with Gasteiger partial charge in [-0.15, -0.1) is 0 Å². The number of hydrogen-bond donors (Lipinski definition) is 2. The first-order valence-corrected chi connectivity index (χ1v) is 13.1. The van der Waals surface area contributed by atoms with E-state index in [0.29, 0.717) is 18.4 Å². The van der Waals surface area contributed by atoms with Crippen LogP contribution in [0.4, 0.5) is 5.69 Å². The van der Waals surface area contributed by atoms with E-state index in [1.165, 1.54) is 56.9 Å². The maximum atomic E-state index is 12.7. The van der Waals surface area contributed by atoms with E-state index in [1.54, 1.807) is 0 Å². The van der Waals surface area contributed by atoms with Gasteiger partial charge in [0.25, 0.3) is 0 Å². The minimum absolute atomic E-state index is 0.152. The van der Waals surface area contributed by atoms with E-state index in [-0.39, 0.29) is 17.7 Å². The van der Waals surface area contributed by atoms with Crippen LogP contribution in [0.15, 0.2) is 24.3 Å². The zero-order chi connectivity index (χ0) is 22.2. The molecule has 2 saturated carbocycles. The van der Waals surface area contributed by atoms with Crippen LogP contribution >= 0.6 is 0 Å². The van der Waals surface area contributed by atoms with Gasteiger partial charge < -0.3 is 10.6 Å². The molecule has 3 aliphatic rings. The third kappa shape index (κ3) is 7.06. The standard InChI is InChI=1S/C27H41N3O2/c31-26(19-21-8-3-1-4-9-21)28-25-13-7-10-22(18-25)20-30-16-14-23(15-17-30)27(32)29-24-11-5-2-6-12-24/h7,10,13,18,21,23-24H,1-6,8-9,11-12,14-17,19-20H2,(H,28,31)(H,29,32). The molecule has 5 nitrogen and oxygen atoms in total. The van der Waals surface area contributed by atoms with E-state index in [9.17, 15) is 9.59 Å². The predicted octanol–water partition coefficient (Wildman–Crippen LogP) is 5.26. The van der Waals surface area contributed by atoms with E-state index in [0.717, 1.165) is 51.0 Å². The molecule has 1 aromatic rings. The molecule has 4 rings (SSSR count). The highest BCUT2D eigenvalue weighted by Crippen LogP contribution is 2.27. The Morgan fingerprint density at radius 1 is 0.875 bits per heavy atom. The Morgan fingerprint density at radius 2 is 1.56 bits per heavy atom. The lowest BCUT2D eigenvalue weighted by molar-refractivity contribution is -0.127. The second kappa shape index (κ2) is 11.8. The Hall–Kier alpha value is -1.88. The zero-order valence-electron chi connectivity index (χ0n) is 19.6. The minimum Gasteiger partial charge on any atom is -0.353 e. The molecule has 2 amide bonds. The lowest BCUT2D eigenvalue weighted by Gasteiger charge is -2.32. The summed E-state index contributed by atoms with van der Waals surface area (Å²) in [6.45, 7) is 2.80. The van der Waals surface area contributed by atoms with Gasteiger partial charge in [0, 0.05) is 30.6 Å². The number of anilines is 1. The molecule has 0 atom stereocenters. The number of rotatable bonds is 7. The van der Waals surface area contributed by atoms with Gasteiger partial charge in [-0.05, 0) is 75.2 Å². The van der Waals surface area contributed by atoms with Gasteiger partial charge in [-0.1, -0.05) is 50.7 Å². The van der Waals surface area contributed by atoms with E-state index in [4.69, 9.17) is 0 Å². The molecule has 0 unspecified atom stereocenters. The third-order valence-corrected chi connectivity index (χ3v) is 7.73. The smallest absolute Gasteiger partial charge is 0.224 e. The third-order valence-electron chi connectivity index (χ3n) is 7.73. The van der Waals surface area contributed by atoms with E-state index >= 15 is 0 Å². The first kappa shape index (κ1) is 23.3. The highest BCUT2D eigenvalue weighted by Gasteiger charge is 2.27. The number of nitrogens with zero attached hydrogens (tertiary/aromatic N) is 1. The van der Waals surface area contributed by atoms with Crippen LogP contribution in [0.1, 0.15) is 89.0 Å². The summed E-state index contributed by atoms with van der Waals surface area (Å²) >= 11 is 0. The normalized spacial score (nSPS) is 21.9. The van der Waals surface area contributed by atoms with Crippen molar-refractivity contribution >= 4 is 17.5 Å². The number of amides is 2. The second-order valence-electron chi connectivity index (χ2n) is 10.4. The van der Waals surface area contributed by atoms with E-state index < -0.39 is 0 Å². The quantitative estimate of drug-likeness (QED) is 0.609. The van der Waals surface area contributed by atoms with Crippen molar-refractivity contribution < 1.29 is 9.59 Å². The summed E-state index contributed by atoms with van der Waals surface area (Å²) in [4.78, 5) is 27.6. The Balaban J connectivity index is 1.20. The Bertz CT molecular complexity index is 745. The Kier molecular flexibility index (Phi) is 8.61. The topological polar surface area (TPSA) is 61.4 Å². The van der Waals surface area contributed by atoms with Gasteiger partial charge in [-0.2, -0.15) is 0 Å². The first-order chi connectivity index (χ1) is 15.7. The summed E-state index contributed by atoms with van der Waals surface area (Å²) in [5.74, 6) is 1.15. The van der Waals surface area contributed by atoms with Crippen LogP contribution < -0.4 is 10.6 Å². The SMILES string of the molecule is O=C(CC1CCCCC1)Nc1cccc(CN2CCC(C(=O)NC3CCCCC3)CC2)c1. The molecule has 0 radical (unpaired) electrons. The summed E-state index contributed by atoms with van der Waals surface area (Å²) in [5, 5.41) is 6.43. The van der Waals surface area contributed by atoms with Crippen LogP contribution in [0.5, 0.6) is 0 Å². The summed E-state index contributed by atoms with van der Waals surface area (Å²) in [6.07, 6.45) is 14.9. The molecule has 5 heteroatoms. The summed E-state index contributed by atoms with van der Waals surface area (Å²) in [6, 6.07) is 8.68. The van der Waals surface area contributed by atoms with Crippen molar-refractivity contribution in [2.45, 2.75) is 96.1 Å². The van der Waals surface area contributed by atoms with Crippen molar-refractivity contribution in [2.24, 2.45) is 11.8 Å². The fourth-order valence-electron chi connectivity index (χ4n) is 5.79. The predicted molar refractivity (Wildman–Crippen MR) is 129 cm³/mol. The molecular formula is C27H41N3O2. The van der Waals surface area contributed by atoms with Crippen LogP contribution in [0, 0.1) is 11.8 Å². The van der Waals surface area contributed by atoms with Crippen LogP contribution in [0.2, 0.25) is 0 Å². The largest absolute Gasteiger partial charge is 0.353 e. The van der Waals surface area contributed by atoms with Crippen molar-refractivity contribution in [3.8, 4) is 0 Å². The van der Waals surface area contributed by atoms with Crippen LogP contribution in [0.3, 0.4) is 0 Å².